The summed E-state index contributed by atoms with van der Waals surface area (Å²) in [5.74, 6) is 0.0968. The molecule has 0 saturated carbocycles. The summed E-state index contributed by atoms with van der Waals surface area (Å²) in [7, 11) is -1.07. The van der Waals surface area contributed by atoms with Crippen molar-refractivity contribution < 1.29 is 8.42 Å². The van der Waals surface area contributed by atoms with Crippen molar-refractivity contribution in [3.05, 3.63) is 41.5 Å². The minimum atomic E-state index is -2.98. The molecule has 0 aliphatic heterocycles. The molecule has 17 heavy (non-hydrogen) atoms. The molecule has 3 nitrogen and oxygen atoms in total. The van der Waals surface area contributed by atoms with Gasteiger partial charge in [0.1, 0.15) is 0 Å². The topological polar surface area (TPSA) is 46.2 Å². The zero-order chi connectivity index (χ0) is 12.7. The minimum Gasteiger partial charge on any atom is -0.319 e. The fourth-order valence-corrected chi connectivity index (χ4v) is 2.38. The van der Waals surface area contributed by atoms with Crippen LogP contribution in [0.15, 0.2) is 30.3 Å². The second-order valence-electron chi connectivity index (χ2n) is 4.06. The van der Waals surface area contributed by atoms with Gasteiger partial charge < -0.3 is 5.32 Å². The first kappa shape index (κ1) is 13.9. The van der Waals surface area contributed by atoms with Gasteiger partial charge in [0.05, 0.1) is 5.75 Å². The Morgan fingerprint density at radius 3 is 2.65 bits per heavy atom. The maximum atomic E-state index is 11.3. The lowest BCUT2D eigenvalue weighted by atomic mass is 10.1. The Balaban J connectivity index is 2.81. The third kappa shape index (κ3) is 5.65. The molecule has 0 unspecified atom stereocenters. The van der Waals surface area contributed by atoms with Crippen LogP contribution >= 0.6 is 0 Å². The molecule has 1 N–H and O–H groups in total. The number of nitrogens with one attached hydrogen (secondary N) is 1. The van der Waals surface area contributed by atoms with Crippen molar-refractivity contribution >= 4 is 15.9 Å². The van der Waals surface area contributed by atoms with Crippen LogP contribution in [0.1, 0.15) is 17.5 Å². The van der Waals surface area contributed by atoms with Crippen LogP contribution in [0.4, 0.5) is 0 Å². The molecule has 0 heterocycles. The van der Waals surface area contributed by atoms with Crippen molar-refractivity contribution in [1.82, 2.24) is 5.32 Å². The quantitative estimate of drug-likeness (QED) is 0.787. The number of sulfone groups is 1. The molecule has 0 radical (unpaired) electrons. The highest BCUT2D eigenvalue weighted by molar-refractivity contribution is 7.89. The fourth-order valence-electron chi connectivity index (χ4n) is 1.55. The highest BCUT2D eigenvalue weighted by Gasteiger charge is 2.06. The fraction of sp³-hybridized carbons (Fsp3) is 0.385. The molecule has 0 atom stereocenters. The van der Waals surface area contributed by atoms with E-state index in [-0.39, 0.29) is 5.75 Å². The van der Waals surface area contributed by atoms with E-state index in [9.17, 15) is 8.42 Å². The minimum absolute atomic E-state index is 0.0968. The predicted molar refractivity (Wildman–Crippen MR) is 72.6 cm³/mol. The lowest BCUT2D eigenvalue weighted by molar-refractivity contribution is 0.601. The SMILES string of the molecule is CNCCC=Cc1ccccc1CS(C)(=O)=O. The summed E-state index contributed by atoms with van der Waals surface area (Å²) in [5, 5.41) is 3.06. The number of benzene rings is 1. The van der Waals surface area contributed by atoms with E-state index < -0.39 is 9.84 Å². The predicted octanol–water partition coefficient (Wildman–Crippen LogP) is 1.85. The summed E-state index contributed by atoms with van der Waals surface area (Å²) in [6.07, 6.45) is 6.23. The maximum Gasteiger partial charge on any atom is 0.151 e. The number of hydrogen-bond acceptors (Lipinski definition) is 3. The smallest absolute Gasteiger partial charge is 0.151 e. The Labute approximate surface area is 103 Å². The van der Waals surface area contributed by atoms with Crippen molar-refractivity contribution in [2.24, 2.45) is 0 Å². The molecule has 0 aliphatic rings. The normalized spacial score (nSPS) is 12.1. The molecule has 0 fully saturated rings. The Morgan fingerprint density at radius 2 is 2.00 bits per heavy atom. The van der Waals surface area contributed by atoms with Gasteiger partial charge in [0.25, 0.3) is 0 Å². The number of hydrogen-bond donors (Lipinski definition) is 1. The molecule has 0 spiro atoms. The summed E-state index contributed by atoms with van der Waals surface area (Å²) < 4.78 is 22.6. The van der Waals surface area contributed by atoms with Gasteiger partial charge in [0.15, 0.2) is 9.84 Å². The average Bonchev–Trinajstić information content (AvgIpc) is 2.24. The van der Waals surface area contributed by atoms with Gasteiger partial charge in [0.2, 0.25) is 0 Å². The van der Waals surface area contributed by atoms with E-state index in [2.05, 4.69) is 11.4 Å². The molecule has 0 saturated heterocycles. The third-order valence-corrected chi connectivity index (χ3v) is 3.17. The van der Waals surface area contributed by atoms with Gasteiger partial charge in [-0.15, -0.1) is 0 Å². The number of rotatable bonds is 6. The zero-order valence-corrected chi connectivity index (χ0v) is 11.1. The molecule has 1 aromatic rings. The second kappa shape index (κ2) is 6.57. The molecule has 1 aromatic carbocycles. The molecule has 0 amide bonds. The van der Waals surface area contributed by atoms with E-state index in [0.717, 1.165) is 24.1 Å². The van der Waals surface area contributed by atoms with Gasteiger partial charge in [-0.2, -0.15) is 0 Å². The summed E-state index contributed by atoms with van der Waals surface area (Å²) in [5.41, 5.74) is 1.84. The zero-order valence-electron chi connectivity index (χ0n) is 10.3. The molecule has 1 rings (SSSR count). The first-order chi connectivity index (χ1) is 8.03. The monoisotopic (exact) mass is 253 g/mol. The van der Waals surface area contributed by atoms with E-state index in [1.165, 1.54) is 6.26 Å². The van der Waals surface area contributed by atoms with Gasteiger partial charge >= 0.3 is 0 Å². The molecule has 0 aromatic heterocycles. The van der Waals surface area contributed by atoms with Crippen LogP contribution in [0.5, 0.6) is 0 Å². The Hall–Kier alpha value is -1.13. The molecular weight excluding hydrogens is 234 g/mol. The lowest BCUT2D eigenvalue weighted by Gasteiger charge is -2.04. The van der Waals surface area contributed by atoms with Gasteiger partial charge in [-0.05, 0) is 31.1 Å². The van der Waals surface area contributed by atoms with E-state index in [4.69, 9.17) is 0 Å². The van der Waals surface area contributed by atoms with Crippen LogP contribution in [-0.4, -0.2) is 28.3 Å². The average molecular weight is 253 g/mol. The lowest BCUT2D eigenvalue weighted by Crippen LogP contribution is -2.05. The van der Waals surface area contributed by atoms with Crippen LogP contribution in [-0.2, 0) is 15.6 Å². The van der Waals surface area contributed by atoms with Gasteiger partial charge in [-0.3, -0.25) is 0 Å². The summed E-state index contributed by atoms with van der Waals surface area (Å²) in [6, 6.07) is 7.59. The molecule has 4 heteroatoms. The first-order valence-corrected chi connectivity index (χ1v) is 7.66. The largest absolute Gasteiger partial charge is 0.319 e. The summed E-state index contributed by atoms with van der Waals surface area (Å²) >= 11 is 0. The molecular formula is C13H19NO2S. The van der Waals surface area contributed by atoms with E-state index in [1.54, 1.807) is 0 Å². The highest BCUT2D eigenvalue weighted by atomic mass is 32.2. The maximum absolute atomic E-state index is 11.3. The standard InChI is InChI=1S/C13H19NO2S/c1-14-10-6-5-8-12-7-3-4-9-13(12)11-17(2,15)16/h3-5,7-9,14H,6,10-11H2,1-2H3. The van der Waals surface area contributed by atoms with Gasteiger partial charge in [0, 0.05) is 6.26 Å². The van der Waals surface area contributed by atoms with Crippen molar-refractivity contribution in [3.63, 3.8) is 0 Å². The summed E-state index contributed by atoms with van der Waals surface area (Å²) in [4.78, 5) is 0. The van der Waals surface area contributed by atoms with Crippen molar-refractivity contribution in [3.8, 4) is 0 Å². The van der Waals surface area contributed by atoms with E-state index in [0.29, 0.717) is 0 Å². The Kier molecular flexibility index (Phi) is 5.38. The molecule has 0 bridgehead atoms. The third-order valence-electron chi connectivity index (χ3n) is 2.33. The van der Waals surface area contributed by atoms with Crippen LogP contribution in [0.25, 0.3) is 6.08 Å². The molecule has 94 valence electrons. The molecule has 0 aliphatic carbocycles. The van der Waals surface area contributed by atoms with Gasteiger partial charge in [-0.1, -0.05) is 36.4 Å². The van der Waals surface area contributed by atoms with E-state index >= 15 is 0 Å². The summed E-state index contributed by atoms with van der Waals surface area (Å²) in [6.45, 7) is 0.921. The Morgan fingerprint density at radius 1 is 1.29 bits per heavy atom. The Bertz CT molecular complexity index is 478. The first-order valence-electron chi connectivity index (χ1n) is 5.59. The van der Waals surface area contributed by atoms with Crippen molar-refractivity contribution in [2.45, 2.75) is 12.2 Å². The van der Waals surface area contributed by atoms with Crippen molar-refractivity contribution in [2.75, 3.05) is 19.8 Å². The van der Waals surface area contributed by atoms with Crippen LogP contribution in [0.2, 0.25) is 0 Å². The van der Waals surface area contributed by atoms with Crippen LogP contribution in [0.3, 0.4) is 0 Å². The van der Waals surface area contributed by atoms with Crippen molar-refractivity contribution in [1.29, 1.82) is 0 Å². The van der Waals surface area contributed by atoms with E-state index in [1.807, 2.05) is 37.4 Å². The van der Waals surface area contributed by atoms with Crippen LogP contribution < -0.4 is 5.32 Å². The van der Waals surface area contributed by atoms with Crippen LogP contribution in [0, 0.1) is 0 Å². The van der Waals surface area contributed by atoms with Gasteiger partial charge in [-0.25, -0.2) is 8.42 Å². The second-order valence-corrected chi connectivity index (χ2v) is 6.20. The highest BCUT2D eigenvalue weighted by Crippen LogP contribution is 2.14.